The normalized spacial score (nSPS) is 10.8. The van der Waals surface area contributed by atoms with Crippen molar-refractivity contribution in [2.24, 2.45) is 4.30 Å². The van der Waals surface area contributed by atoms with Gasteiger partial charge in [-0.05, 0) is 172 Å². The first-order valence-electron chi connectivity index (χ1n) is 28.3. The number of aryl methyl sites for hydroxylation is 4. The van der Waals surface area contributed by atoms with E-state index in [1.54, 1.807) is 0 Å². The van der Waals surface area contributed by atoms with Crippen molar-refractivity contribution in [3.05, 3.63) is 314 Å². The third-order valence-corrected chi connectivity index (χ3v) is 16.9. The Labute approximate surface area is 539 Å². The maximum Gasteiger partial charge on any atom is 0.0464 e. The molecule has 0 aliphatic rings. The minimum Gasteiger partial charge on any atom is -0.355 e. The number of nitrogens with one attached hydrogen (secondary N) is 1. The molecule has 86 heavy (non-hydrogen) atoms. The van der Waals surface area contributed by atoms with Crippen molar-refractivity contribution in [2.45, 2.75) is 27.7 Å². The molecule has 0 unspecified atom stereocenters. The minimum atomic E-state index is 1.10. The number of aromatic amines is 1. The summed E-state index contributed by atoms with van der Waals surface area (Å²) in [5.74, 6) is 0. The van der Waals surface area contributed by atoms with Crippen LogP contribution >= 0.6 is 67.3 Å². The second-order valence-corrected chi connectivity index (χ2v) is 24.3. The third-order valence-electron chi connectivity index (χ3n) is 15.2. The molecule has 0 saturated heterocycles. The molecule has 16 rings (SSSR count). The van der Waals surface area contributed by atoms with Gasteiger partial charge in [-0.1, -0.05) is 212 Å². The van der Waals surface area contributed by atoms with Crippen LogP contribution in [-0.2, 0) is 0 Å². The van der Waals surface area contributed by atoms with E-state index in [-0.39, 0.29) is 0 Å². The van der Waals surface area contributed by atoms with Gasteiger partial charge < -0.3 is 18.7 Å². The topological polar surface area (TPSA) is 42.9 Å². The first-order valence-corrected chi connectivity index (χ1v) is 31.3. The van der Waals surface area contributed by atoms with Crippen LogP contribution in [0.2, 0.25) is 0 Å². The van der Waals surface area contributed by atoms with E-state index >= 15 is 0 Å². The van der Waals surface area contributed by atoms with Crippen molar-refractivity contribution in [3.63, 3.8) is 0 Å². The number of para-hydroxylation sites is 6. The zero-order chi connectivity index (χ0) is 59.7. The van der Waals surface area contributed by atoms with Crippen LogP contribution in [0.1, 0.15) is 22.3 Å². The van der Waals surface area contributed by atoms with Crippen LogP contribution in [0, 0.1) is 31.3 Å². The number of aromatic nitrogens is 4. The largest absolute Gasteiger partial charge is 0.355 e. The minimum absolute atomic E-state index is 1.10. The Kier molecular flexibility index (Phi) is 19.0. The van der Waals surface area contributed by atoms with E-state index in [0.29, 0.717) is 0 Å². The summed E-state index contributed by atoms with van der Waals surface area (Å²) < 4.78 is 13.2. The summed E-state index contributed by atoms with van der Waals surface area (Å²) >= 11 is 12.7. The van der Waals surface area contributed by atoms with Crippen LogP contribution < -0.4 is 0 Å². The van der Waals surface area contributed by atoms with Crippen LogP contribution in [0.3, 0.4) is 0 Å². The van der Waals surface area contributed by atoms with Gasteiger partial charge in [0.25, 0.3) is 0 Å². The van der Waals surface area contributed by atoms with Crippen molar-refractivity contribution >= 4 is 162 Å². The maximum absolute atomic E-state index is 4.34. The fourth-order valence-electron chi connectivity index (χ4n) is 11.1. The predicted octanol–water partition coefficient (Wildman–Crippen LogP) is 22.9. The average Bonchev–Trinajstić information content (AvgIpc) is 2.16. The molecule has 12 aromatic carbocycles. The Morgan fingerprint density at radius 2 is 0.570 bits per heavy atom. The van der Waals surface area contributed by atoms with E-state index in [9.17, 15) is 0 Å². The summed E-state index contributed by atoms with van der Waals surface area (Å²) in [7, 11) is 4.34. The van der Waals surface area contributed by atoms with E-state index in [1.807, 2.05) is 0 Å². The predicted molar refractivity (Wildman–Crippen MR) is 389 cm³/mol. The van der Waals surface area contributed by atoms with Gasteiger partial charge in [0.2, 0.25) is 0 Å². The van der Waals surface area contributed by atoms with Crippen LogP contribution in [0.15, 0.2) is 292 Å². The molecule has 1 radical (unpaired) electrons. The quantitative estimate of drug-likeness (QED) is 0.101. The number of fused-ring (bicyclic) bond motifs is 12. The molecule has 10 heteroatoms. The molecule has 0 spiro atoms. The van der Waals surface area contributed by atoms with Gasteiger partial charge in [0.15, 0.2) is 0 Å². The third kappa shape index (κ3) is 13.1. The molecule has 0 bridgehead atoms. The number of hydrogen-bond donors (Lipinski definition) is 2. The molecule has 0 atom stereocenters. The number of rotatable bonds is 3. The molecular formula is C76H60BBr2IN5S. The summed E-state index contributed by atoms with van der Waals surface area (Å²) in [6.45, 7) is 8.45. The van der Waals surface area contributed by atoms with E-state index < -0.39 is 0 Å². The van der Waals surface area contributed by atoms with Crippen LogP contribution in [0.25, 0.3) is 104 Å². The molecule has 1 N–H and O–H groups in total. The maximum atomic E-state index is 4.34. The molecule has 5 nitrogen and oxygen atoms in total. The Hall–Kier alpha value is -8.26. The number of nitrogens with zero attached hydrogens (tertiary/aromatic N) is 4. The number of thiol groups is 1. The summed E-state index contributed by atoms with van der Waals surface area (Å²) in [6.07, 6.45) is 0. The van der Waals surface area contributed by atoms with Crippen molar-refractivity contribution in [1.29, 1.82) is 0 Å². The van der Waals surface area contributed by atoms with Crippen LogP contribution in [0.4, 0.5) is 0 Å². The molecule has 0 amide bonds. The van der Waals surface area contributed by atoms with Crippen molar-refractivity contribution < 1.29 is 0 Å². The standard InChI is InChI=1S/C19H13Br2N.2C19H15N.C12H9N.C7H7I.BHNS/c1-12-2-6-15(7-3-12)22-18-8-4-13(20)10-16(18)17-11-14(21)5-9-19(17)22;2*1-14-10-12-15(13-11-14)20-18-8-4-2-6-16(18)17-7-3-5-9-19(17)20;1-3-7-11-9(5-1)10-6-2-4-8-12(10)13-11;1-6-2-4-7(8)5-3-6;1-2-3/h2-11H,1H3;2*2-13H,1H3;1-8,13H;2-5H,1H3;3H. The molecule has 0 aliphatic heterocycles. The smallest absolute Gasteiger partial charge is 0.0464 e. The van der Waals surface area contributed by atoms with E-state index in [2.05, 4.69) is 405 Å². The Balaban J connectivity index is 0.000000114. The van der Waals surface area contributed by atoms with E-state index in [0.717, 1.165) is 8.95 Å². The summed E-state index contributed by atoms with van der Waals surface area (Å²) in [6, 6.07) is 98.6. The summed E-state index contributed by atoms with van der Waals surface area (Å²) in [5, 5.41) is 10.4. The van der Waals surface area contributed by atoms with Gasteiger partial charge in [-0.15, -0.1) is 0 Å². The van der Waals surface area contributed by atoms with Gasteiger partial charge in [-0.25, -0.2) is 0 Å². The number of benzene rings is 12. The van der Waals surface area contributed by atoms with Crippen LogP contribution in [-0.4, -0.2) is 26.3 Å². The molecule has 4 heterocycles. The molecule has 0 saturated carbocycles. The number of halogens is 3. The van der Waals surface area contributed by atoms with E-state index in [1.165, 1.54) is 130 Å². The zero-order valence-electron chi connectivity index (χ0n) is 48.0. The molecule has 0 fully saturated rings. The molecule has 419 valence electrons. The SMILES string of the molecule is Cc1ccc(-n2c3ccc(Br)cc3c3cc(Br)ccc32)cc1.Cc1ccc(-n2c3ccccc3c3ccccc32)cc1.Cc1ccc(-n2c3ccccc3c3ccccc32)cc1.Cc1ccc(I)cc1.[B]=NS.c1ccc2c(c1)[nH]c1ccccc12. The molecule has 16 aromatic rings. The number of H-pyrrole nitrogens is 1. The summed E-state index contributed by atoms with van der Waals surface area (Å²) in [4.78, 5) is 3.38. The summed E-state index contributed by atoms with van der Waals surface area (Å²) in [5.41, 5.74) is 18.7. The Morgan fingerprint density at radius 1 is 0.326 bits per heavy atom. The first-order chi connectivity index (χ1) is 42.0. The van der Waals surface area contributed by atoms with Gasteiger partial charge in [-0.3, -0.25) is 0 Å². The second-order valence-electron chi connectivity index (χ2n) is 21.0. The monoisotopic (exact) mass is 1370 g/mol. The van der Waals surface area contributed by atoms with Gasteiger partial charge in [0.05, 0.1) is 33.1 Å². The van der Waals surface area contributed by atoms with Crippen LogP contribution in [0.5, 0.6) is 0 Å². The second kappa shape index (κ2) is 27.4. The fraction of sp³-hybridized carbons (Fsp3) is 0.0526. The van der Waals surface area contributed by atoms with Gasteiger partial charge in [0, 0.05) is 83.7 Å². The molecular weight excluding hydrogens is 1310 g/mol. The van der Waals surface area contributed by atoms with Gasteiger partial charge in [0.1, 0.15) is 0 Å². The molecule has 4 aromatic heterocycles. The zero-order valence-corrected chi connectivity index (χ0v) is 54.2. The molecule has 0 aliphatic carbocycles. The van der Waals surface area contributed by atoms with Crippen molar-refractivity contribution in [3.8, 4) is 17.1 Å². The fourth-order valence-corrected chi connectivity index (χ4v) is 12.1. The van der Waals surface area contributed by atoms with Gasteiger partial charge >= 0.3 is 24.8 Å². The Bertz CT molecular complexity index is 4600. The first kappa shape index (κ1) is 59.5. The van der Waals surface area contributed by atoms with E-state index in [4.69, 9.17) is 0 Å². The van der Waals surface area contributed by atoms with Crippen molar-refractivity contribution in [2.75, 3.05) is 0 Å². The van der Waals surface area contributed by atoms with Gasteiger partial charge in [-0.2, -0.15) is 0 Å². The Morgan fingerprint density at radius 3 is 0.860 bits per heavy atom. The average molecular weight is 1370 g/mol. The number of hydrogen-bond acceptors (Lipinski definition) is 2. The van der Waals surface area contributed by atoms with Crippen molar-refractivity contribution in [1.82, 2.24) is 18.7 Å².